The van der Waals surface area contributed by atoms with E-state index in [0.717, 1.165) is 76.0 Å². The Balaban J connectivity index is 1.04. The Morgan fingerprint density at radius 2 is 1.78 bits per heavy atom. The molecule has 0 saturated carbocycles. The fraction of sp³-hybridized carbons (Fsp3) is 0.464. The molecule has 4 heterocycles. The van der Waals surface area contributed by atoms with E-state index in [1.165, 1.54) is 22.5 Å². The number of piperidine rings is 1. The zero-order chi connectivity index (χ0) is 24.7. The first-order valence-corrected chi connectivity index (χ1v) is 13.8. The van der Waals surface area contributed by atoms with Crippen LogP contribution >= 0.6 is 11.3 Å². The number of nitrogens with zero attached hydrogens (tertiary/aromatic N) is 5. The molecular formula is C28H35N5O2S. The molecule has 0 bridgehead atoms. The molecule has 0 N–H and O–H groups in total. The van der Waals surface area contributed by atoms with Crippen molar-refractivity contribution in [2.75, 3.05) is 45.9 Å². The maximum Gasteiger partial charge on any atom is 0.273 e. The van der Waals surface area contributed by atoms with Crippen LogP contribution in [0, 0.1) is 12.8 Å². The predicted octanol–water partition coefficient (Wildman–Crippen LogP) is 4.10. The average molecular weight is 506 g/mol. The van der Waals surface area contributed by atoms with E-state index in [0.29, 0.717) is 18.2 Å². The summed E-state index contributed by atoms with van der Waals surface area (Å²) in [5.74, 6) is 1.30. The molecule has 36 heavy (non-hydrogen) atoms. The van der Waals surface area contributed by atoms with Gasteiger partial charge in [-0.15, -0.1) is 11.3 Å². The van der Waals surface area contributed by atoms with Gasteiger partial charge < -0.3 is 9.64 Å². The highest BCUT2D eigenvalue weighted by atomic mass is 32.1. The minimum Gasteiger partial charge on any atom is -0.493 e. The summed E-state index contributed by atoms with van der Waals surface area (Å²) in [5, 5.41) is 2.79. The second-order valence-electron chi connectivity index (χ2n) is 9.88. The molecular weight excluding hydrogens is 470 g/mol. The van der Waals surface area contributed by atoms with Crippen LogP contribution in [-0.2, 0) is 13.1 Å². The highest BCUT2D eigenvalue weighted by molar-refractivity contribution is 7.09. The van der Waals surface area contributed by atoms with Crippen LogP contribution in [0.1, 0.15) is 39.5 Å². The molecule has 2 aliphatic rings. The molecule has 0 aliphatic carbocycles. The molecule has 190 valence electrons. The van der Waals surface area contributed by atoms with Gasteiger partial charge in [-0.05, 0) is 49.1 Å². The number of carbonyl (C=O) groups is 1. The second-order valence-corrected chi connectivity index (χ2v) is 10.9. The molecule has 0 unspecified atom stereocenters. The zero-order valence-corrected chi connectivity index (χ0v) is 21.8. The van der Waals surface area contributed by atoms with Crippen molar-refractivity contribution in [2.45, 2.75) is 32.9 Å². The number of ether oxygens (including phenoxy) is 1. The minimum atomic E-state index is 0.0475. The van der Waals surface area contributed by atoms with Crippen molar-refractivity contribution in [3.8, 4) is 5.75 Å². The number of aryl methyl sites for hydroxylation is 1. The van der Waals surface area contributed by atoms with E-state index in [-0.39, 0.29) is 5.91 Å². The molecule has 2 aromatic heterocycles. The Morgan fingerprint density at radius 1 is 1.03 bits per heavy atom. The molecule has 1 atom stereocenters. The van der Waals surface area contributed by atoms with E-state index in [4.69, 9.17) is 4.74 Å². The lowest BCUT2D eigenvalue weighted by molar-refractivity contribution is 0.0628. The highest BCUT2D eigenvalue weighted by Crippen LogP contribution is 2.22. The highest BCUT2D eigenvalue weighted by Gasteiger charge is 2.26. The molecule has 1 aromatic carbocycles. The van der Waals surface area contributed by atoms with Crippen molar-refractivity contribution in [1.29, 1.82) is 0 Å². The first-order chi connectivity index (χ1) is 17.6. The smallest absolute Gasteiger partial charge is 0.273 e. The minimum absolute atomic E-state index is 0.0475. The van der Waals surface area contributed by atoms with Crippen LogP contribution in [0.2, 0.25) is 0 Å². The monoisotopic (exact) mass is 505 g/mol. The van der Waals surface area contributed by atoms with Crippen LogP contribution < -0.4 is 4.74 Å². The molecule has 2 aliphatic heterocycles. The number of pyridine rings is 1. The van der Waals surface area contributed by atoms with Gasteiger partial charge in [0.05, 0.1) is 11.6 Å². The van der Waals surface area contributed by atoms with Gasteiger partial charge in [0.15, 0.2) is 0 Å². The number of amides is 1. The zero-order valence-electron chi connectivity index (χ0n) is 21.0. The van der Waals surface area contributed by atoms with Crippen molar-refractivity contribution < 1.29 is 9.53 Å². The lowest BCUT2D eigenvalue weighted by Gasteiger charge is -2.34. The summed E-state index contributed by atoms with van der Waals surface area (Å²) >= 11 is 1.53. The first kappa shape index (κ1) is 24.9. The van der Waals surface area contributed by atoms with E-state index >= 15 is 0 Å². The third-order valence-corrected chi connectivity index (χ3v) is 7.83. The largest absolute Gasteiger partial charge is 0.493 e. The van der Waals surface area contributed by atoms with Gasteiger partial charge in [0.2, 0.25) is 0 Å². The van der Waals surface area contributed by atoms with Crippen LogP contribution in [0.25, 0.3) is 0 Å². The van der Waals surface area contributed by atoms with E-state index in [9.17, 15) is 4.79 Å². The van der Waals surface area contributed by atoms with E-state index in [2.05, 4.69) is 50.1 Å². The number of carbonyl (C=O) groups excluding carboxylic acids is 1. The SMILES string of the molecule is Cc1nc(C(=O)N2CCC[C@@H](COc3ccc(CN4CCN(Cc5cccnc5)CC4)cc3)C2)cs1. The lowest BCUT2D eigenvalue weighted by atomic mass is 9.98. The Bertz CT molecular complexity index is 1110. The molecule has 7 nitrogen and oxygen atoms in total. The van der Waals surface area contributed by atoms with Crippen LogP contribution in [0.4, 0.5) is 0 Å². The maximum absolute atomic E-state index is 12.8. The number of thiazole rings is 1. The van der Waals surface area contributed by atoms with Crippen LogP contribution in [0.3, 0.4) is 0 Å². The third kappa shape index (κ3) is 6.69. The van der Waals surface area contributed by atoms with Crippen molar-refractivity contribution in [3.05, 3.63) is 76.0 Å². The quantitative estimate of drug-likeness (QED) is 0.460. The van der Waals surface area contributed by atoms with Crippen molar-refractivity contribution in [3.63, 3.8) is 0 Å². The van der Waals surface area contributed by atoms with E-state index in [1.54, 1.807) is 0 Å². The Labute approximate surface area is 217 Å². The van der Waals surface area contributed by atoms with E-state index < -0.39 is 0 Å². The third-order valence-electron chi connectivity index (χ3n) is 7.05. The molecule has 5 rings (SSSR count). The summed E-state index contributed by atoms with van der Waals surface area (Å²) in [6, 6.07) is 12.7. The molecule has 2 fully saturated rings. The topological polar surface area (TPSA) is 61.8 Å². The number of benzene rings is 1. The summed E-state index contributed by atoms with van der Waals surface area (Å²) < 4.78 is 6.12. The normalized spacial score (nSPS) is 19.4. The molecule has 0 spiro atoms. The van der Waals surface area contributed by atoms with E-state index in [1.807, 2.05) is 35.7 Å². The van der Waals surface area contributed by atoms with Gasteiger partial charge in [0.1, 0.15) is 11.4 Å². The fourth-order valence-electron chi connectivity index (χ4n) is 5.03. The number of piperazine rings is 1. The Kier molecular flexibility index (Phi) is 8.25. The molecule has 2 saturated heterocycles. The van der Waals surface area contributed by atoms with Crippen molar-refractivity contribution in [2.24, 2.45) is 5.92 Å². The first-order valence-electron chi connectivity index (χ1n) is 12.9. The number of hydrogen-bond acceptors (Lipinski definition) is 7. The summed E-state index contributed by atoms with van der Waals surface area (Å²) in [7, 11) is 0. The van der Waals surface area contributed by atoms with Crippen LogP contribution in [-0.4, -0.2) is 76.5 Å². The average Bonchev–Trinajstić information content (AvgIpc) is 3.36. The van der Waals surface area contributed by atoms with Gasteiger partial charge in [-0.25, -0.2) is 4.98 Å². The van der Waals surface area contributed by atoms with Gasteiger partial charge in [0.25, 0.3) is 5.91 Å². The molecule has 1 amide bonds. The summed E-state index contributed by atoms with van der Waals surface area (Å²) in [6.45, 7) is 10.4. The number of aromatic nitrogens is 2. The van der Waals surface area contributed by atoms with Gasteiger partial charge in [-0.2, -0.15) is 0 Å². The van der Waals surface area contributed by atoms with Crippen molar-refractivity contribution in [1.82, 2.24) is 24.7 Å². The van der Waals surface area contributed by atoms with Crippen LogP contribution in [0.15, 0.2) is 54.2 Å². The second kappa shape index (κ2) is 12.0. The number of hydrogen-bond donors (Lipinski definition) is 0. The lowest BCUT2D eigenvalue weighted by Crippen LogP contribution is -2.45. The van der Waals surface area contributed by atoms with Gasteiger partial charge in [-0.1, -0.05) is 18.2 Å². The predicted molar refractivity (Wildman–Crippen MR) is 142 cm³/mol. The van der Waals surface area contributed by atoms with Gasteiger partial charge >= 0.3 is 0 Å². The molecule has 8 heteroatoms. The Morgan fingerprint density at radius 3 is 2.44 bits per heavy atom. The number of likely N-dealkylation sites (tertiary alicyclic amines) is 1. The van der Waals surface area contributed by atoms with Crippen LogP contribution in [0.5, 0.6) is 5.75 Å². The Hall–Kier alpha value is -2.81. The number of rotatable bonds is 8. The summed E-state index contributed by atoms with van der Waals surface area (Å²) in [5.41, 5.74) is 3.17. The van der Waals surface area contributed by atoms with Gasteiger partial charge in [0, 0.05) is 76.0 Å². The molecule has 0 radical (unpaired) electrons. The standard InChI is InChI=1S/C28H35N5O2S/c1-22-30-27(21-36-22)28(34)33-11-3-5-25(19-33)20-35-26-8-6-23(7-9-26)17-31-12-14-32(15-13-31)18-24-4-2-10-29-16-24/h2,4,6-10,16,21,25H,3,5,11-15,17-20H2,1H3/t25-/m1/s1. The van der Waals surface area contributed by atoms with Crippen molar-refractivity contribution >= 4 is 17.2 Å². The summed E-state index contributed by atoms with van der Waals surface area (Å²) in [4.78, 5) is 28.3. The summed E-state index contributed by atoms with van der Waals surface area (Å²) in [6.07, 6.45) is 5.89. The van der Waals surface area contributed by atoms with Gasteiger partial charge in [-0.3, -0.25) is 19.6 Å². The fourth-order valence-corrected chi connectivity index (χ4v) is 5.61. The molecule has 3 aromatic rings. The maximum atomic E-state index is 12.8.